The second kappa shape index (κ2) is 3.51. The van der Waals surface area contributed by atoms with Crippen molar-refractivity contribution < 1.29 is 19.4 Å². The normalized spacial score (nSPS) is 30.1. The van der Waals surface area contributed by atoms with E-state index in [4.69, 9.17) is 9.47 Å². The van der Waals surface area contributed by atoms with E-state index in [1.807, 2.05) is 0 Å². The largest absolute Gasteiger partial charge is 0.390 e. The average molecular weight is 174 g/mol. The summed E-state index contributed by atoms with van der Waals surface area (Å²) >= 11 is 0. The molecule has 0 saturated carbocycles. The fraction of sp³-hybridized carbons (Fsp3) is 0.875. The first-order chi connectivity index (χ1) is 5.55. The molecule has 1 aliphatic heterocycles. The monoisotopic (exact) mass is 174 g/mol. The number of rotatable bonds is 3. The van der Waals surface area contributed by atoms with Crippen LogP contribution in [-0.2, 0) is 14.3 Å². The summed E-state index contributed by atoms with van der Waals surface area (Å²) in [5.74, 6) is -0.630. The molecule has 0 aromatic rings. The topological polar surface area (TPSA) is 55.8 Å². The van der Waals surface area contributed by atoms with Crippen LogP contribution in [0.15, 0.2) is 0 Å². The molecule has 1 aliphatic rings. The number of hydrogen-bond acceptors (Lipinski definition) is 4. The van der Waals surface area contributed by atoms with Crippen LogP contribution in [0.25, 0.3) is 0 Å². The van der Waals surface area contributed by atoms with Crippen LogP contribution in [0, 0.1) is 0 Å². The molecule has 70 valence electrons. The lowest BCUT2D eigenvalue weighted by molar-refractivity contribution is -0.152. The quantitative estimate of drug-likeness (QED) is 0.616. The van der Waals surface area contributed by atoms with Gasteiger partial charge in [0.15, 0.2) is 5.79 Å². The summed E-state index contributed by atoms with van der Waals surface area (Å²) in [4.78, 5) is 10.1. The molecule has 1 N–H and O–H groups in total. The van der Waals surface area contributed by atoms with E-state index >= 15 is 0 Å². The van der Waals surface area contributed by atoms with Gasteiger partial charge >= 0.3 is 0 Å². The summed E-state index contributed by atoms with van der Waals surface area (Å²) in [6.07, 6.45) is -0.335. The van der Waals surface area contributed by atoms with Crippen LogP contribution in [0.5, 0.6) is 0 Å². The molecule has 4 nitrogen and oxygen atoms in total. The Hall–Kier alpha value is -0.450. The van der Waals surface area contributed by atoms with Gasteiger partial charge in [-0.25, -0.2) is 0 Å². The van der Waals surface area contributed by atoms with Crippen LogP contribution in [0.2, 0.25) is 0 Å². The van der Waals surface area contributed by atoms with Crippen LogP contribution in [0.4, 0.5) is 0 Å². The molecular formula is C8H14O4. The zero-order valence-corrected chi connectivity index (χ0v) is 7.32. The van der Waals surface area contributed by atoms with E-state index in [2.05, 4.69) is 0 Å². The molecule has 0 unspecified atom stereocenters. The van der Waals surface area contributed by atoms with Gasteiger partial charge in [0, 0.05) is 6.42 Å². The van der Waals surface area contributed by atoms with E-state index in [-0.39, 0.29) is 12.5 Å². The average Bonchev–Trinajstić information content (AvgIpc) is 2.31. The lowest BCUT2D eigenvalue weighted by Gasteiger charge is -2.19. The predicted molar refractivity (Wildman–Crippen MR) is 41.6 cm³/mol. The summed E-state index contributed by atoms with van der Waals surface area (Å²) < 4.78 is 10.6. The summed E-state index contributed by atoms with van der Waals surface area (Å²) in [5, 5.41) is 9.34. The highest BCUT2D eigenvalue weighted by Gasteiger charge is 2.36. The molecule has 0 aliphatic carbocycles. The molecule has 0 radical (unpaired) electrons. The Morgan fingerprint density at radius 1 is 1.75 bits per heavy atom. The van der Waals surface area contributed by atoms with E-state index in [0.29, 0.717) is 12.9 Å². The summed E-state index contributed by atoms with van der Waals surface area (Å²) in [6, 6.07) is 0. The Balaban J connectivity index is 2.40. The fourth-order valence-corrected chi connectivity index (χ4v) is 1.16. The molecule has 0 spiro atoms. The Bertz CT molecular complexity index is 166. The third kappa shape index (κ3) is 2.27. The number of carbonyl (C=O) groups is 1. The lowest BCUT2D eigenvalue weighted by atomic mass is 10.2. The molecule has 1 fully saturated rings. The first-order valence-corrected chi connectivity index (χ1v) is 3.98. The molecular weight excluding hydrogens is 160 g/mol. The second-order valence-corrected chi connectivity index (χ2v) is 3.34. The van der Waals surface area contributed by atoms with Gasteiger partial charge in [0.2, 0.25) is 0 Å². The summed E-state index contributed by atoms with van der Waals surface area (Å²) in [6.45, 7) is 3.91. The van der Waals surface area contributed by atoms with E-state index in [1.165, 1.54) is 0 Å². The van der Waals surface area contributed by atoms with Gasteiger partial charge in [0.05, 0.1) is 12.7 Å². The van der Waals surface area contributed by atoms with Crippen LogP contribution in [-0.4, -0.2) is 36.0 Å². The zero-order valence-electron chi connectivity index (χ0n) is 7.32. The fourth-order valence-electron chi connectivity index (χ4n) is 1.16. The van der Waals surface area contributed by atoms with Crippen LogP contribution in [0.1, 0.15) is 20.3 Å². The van der Waals surface area contributed by atoms with Crippen molar-refractivity contribution in [1.82, 2.24) is 0 Å². The molecule has 4 heteroatoms. The first-order valence-electron chi connectivity index (χ1n) is 3.98. The number of aliphatic hydroxyl groups excluding tert-OH is 1. The van der Waals surface area contributed by atoms with Gasteiger partial charge in [-0.3, -0.25) is 0 Å². The van der Waals surface area contributed by atoms with Gasteiger partial charge in [0.25, 0.3) is 0 Å². The van der Waals surface area contributed by atoms with Gasteiger partial charge in [0.1, 0.15) is 12.4 Å². The molecule has 0 aromatic carbocycles. The molecule has 2 atom stereocenters. The molecule has 0 amide bonds. The van der Waals surface area contributed by atoms with E-state index in [9.17, 15) is 9.90 Å². The summed E-state index contributed by atoms with van der Waals surface area (Å²) in [5.41, 5.74) is 0. The molecule has 1 saturated heterocycles. The molecule has 12 heavy (non-hydrogen) atoms. The molecule has 0 bridgehead atoms. The smallest absolute Gasteiger partial charge is 0.163 e. The van der Waals surface area contributed by atoms with Gasteiger partial charge < -0.3 is 19.4 Å². The number of aldehydes is 1. The van der Waals surface area contributed by atoms with Crippen molar-refractivity contribution in [3.63, 3.8) is 0 Å². The third-order valence-electron chi connectivity index (χ3n) is 1.80. The van der Waals surface area contributed by atoms with Crippen LogP contribution >= 0.6 is 0 Å². The van der Waals surface area contributed by atoms with Gasteiger partial charge in [-0.1, -0.05) is 0 Å². The minimum Gasteiger partial charge on any atom is -0.390 e. The zero-order chi connectivity index (χ0) is 9.19. The van der Waals surface area contributed by atoms with Crippen molar-refractivity contribution >= 4 is 6.29 Å². The lowest BCUT2D eigenvalue weighted by Crippen LogP contribution is -2.30. The molecule has 0 aromatic heterocycles. The van der Waals surface area contributed by atoms with E-state index in [0.717, 1.165) is 0 Å². The van der Waals surface area contributed by atoms with Crippen molar-refractivity contribution in [3.8, 4) is 0 Å². The predicted octanol–water partition coefficient (Wildman–Crippen LogP) is 0.0878. The number of carbonyl (C=O) groups excluding carboxylic acids is 1. The highest BCUT2D eigenvalue weighted by molar-refractivity contribution is 5.50. The highest BCUT2D eigenvalue weighted by Crippen LogP contribution is 2.24. The number of aliphatic hydroxyl groups is 1. The molecule has 1 heterocycles. The van der Waals surface area contributed by atoms with Crippen LogP contribution in [0.3, 0.4) is 0 Å². The maximum atomic E-state index is 10.1. The van der Waals surface area contributed by atoms with Gasteiger partial charge in [-0.2, -0.15) is 0 Å². The van der Waals surface area contributed by atoms with Crippen molar-refractivity contribution in [3.05, 3.63) is 0 Å². The van der Waals surface area contributed by atoms with Crippen molar-refractivity contribution in [2.24, 2.45) is 0 Å². The Labute approximate surface area is 71.5 Å². The number of ether oxygens (including phenoxy) is 2. The Morgan fingerprint density at radius 3 is 2.83 bits per heavy atom. The second-order valence-electron chi connectivity index (χ2n) is 3.34. The minimum atomic E-state index is -0.746. The van der Waals surface area contributed by atoms with E-state index < -0.39 is 11.9 Å². The maximum Gasteiger partial charge on any atom is 0.163 e. The number of hydrogen-bond donors (Lipinski definition) is 1. The summed E-state index contributed by atoms with van der Waals surface area (Å²) in [7, 11) is 0. The highest BCUT2D eigenvalue weighted by atomic mass is 16.7. The van der Waals surface area contributed by atoms with Crippen molar-refractivity contribution in [1.29, 1.82) is 0 Å². The van der Waals surface area contributed by atoms with Gasteiger partial charge in [-0.05, 0) is 13.8 Å². The van der Waals surface area contributed by atoms with Gasteiger partial charge in [-0.15, -0.1) is 0 Å². The maximum absolute atomic E-state index is 10.1. The van der Waals surface area contributed by atoms with Crippen molar-refractivity contribution in [2.45, 2.75) is 38.3 Å². The third-order valence-corrected chi connectivity index (χ3v) is 1.80. The standard InChI is InChI=1S/C8H14O4/c1-8(2)11-5-7(12-8)6(10)3-4-9/h4,6-7,10H,3,5H2,1-2H3/t6-,7+/m0/s1. The van der Waals surface area contributed by atoms with E-state index in [1.54, 1.807) is 13.8 Å². The van der Waals surface area contributed by atoms with Crippen LogP contribution < -0.4 is 0 Å². The van der Waals surface area contributed by atoms with Crippen molar-refractivity contribution in [2.75, 3.05) is 6.61 Å². The SMILES string of the molecule is CC1(C)OC[C@H]([C@@H](O)CC=O)O1. The Morgan fingerprint density at radius 2 is 2.42 bits per heavy atom. The minimum absolute atomic E-state index is 0.101. The molecule has 1 rings (SSSR count). The Kier molecular flexibility index (Phi) is 2.82. The first kappa shape index (κ1) is 9.64.